The summed E-state index contributed by atoms with van der Waals surface area (Å²) in [7, 11) is 0. The first-order chi connectivity index (χ1) is 10.7. The third kappa shape index (κ3) is 3.47. The Balaban J connectivity index is 1.55. The van der Waals surface area contributed by atoms with E-state index in [1.807, 2.05) is 49.4 Å². The summed E-state index contributed by atoms with van der Waals surface area (Å²) in [6.07, 6.45) is 3.34. The molecular weight excluding hydrogens is 278 g/mol. The zero-order valence-electron chi connectivity index (χ0n) is 12.3. The third-order valence-electron chi connectivity index (χ3n) is 3.41. The molecule has 4 nitrogen and oxygen atoms in total. The fourth-order valence-electron chi connectivity index (χ4n) is 2.15. The van der Waals surface area contributed by atoms with E-state index in [1.54, 1.807) is 6.08 Å². The summed E-state index contributed by atoms with van der Waals surface area (Å²) in [4.78, 5) is 11.8. The number of aryl methyl sites for hydroxylation is 1. The summed E-state index contributed by atoms with van der Waals surface area (Å²) >= 11 is 0. The quantitative estimate of drug-likeness (QED) is 0.882. The minimum atomic E-state index is -0.127. The topological polar surface area (TPSA) is 47.6 Å². The van der Waals surface area contributed by atoms with Crippen molar-refractivity contribution < 1.29 is 14.3 Å². The molecule has 1 N–H and O–H groups in total. The molecule has 1 heterocycles. The van der Waals surface area contributed by atoms with Crippen molar-refractivity contribution >= 4 is 12.0 Å². The zero-order chi connectivity index (χ0) is 15.4. The van der Waals surface area contributed by atoms with Gasteiger partial charge in [0.25, 0.3) is 0 Å². The number of carbonyl (C=O) groups is 1. The molecular formula is C18H17NO3. The van der Waals surface area contributed by atoms with Gasteiger partial charge in [0.15, 0.2) is 11.5 Å². The largest absolute Gasteiger partial charge is 0.454 e. The van der Waals surface area contributed by atoms with Crippen LogP contribution in [-0.2, 0) is 11.3 Å². The molecule has 0 bridgehead atoms. The van der Waals surface area contributed by atoms with E-state index < -0.39 is 0 Å². The minimum absolute atomic E-state index is 0.127. The lowest BCUT2D eigenvalue weighted by molar-refractivity contribution is -0.116. The molecule has 0 unspecified atom stereocenters. The molecule has 0 radical (unpaired) electrons. The monoisotopic (exact) mass is 295 g/mol. The Labute approximate surface area is 129 Å². The summed E-state index contributed by atoms with van der Waals surface area (Å²) in [5.74, 6) is 1.34. The van der Waals surface area contributed by atoms with Crippen molar-refractivity contribution in [2.75, 3.05) is 6.79 Å². The Morgan fingerprint density at radius 3 is 2.73 bits per heavy atom. The number of hydrogen-bond acceptors (Lipinski definition) is 3. The Morgan fingerprint density at radius 1 is 1.14 bits per heavy atom. The van der Waals surface area contributed by atoms with Crippen LogP contribution in [0.5, 0.6) is 11.5 Å². The number of benzene rings is 2. The second-order valence-corrected chi connectivity index (χ2v) is 5.15. The number of carbonyl (C=O) groups excluding carboxylic acids is 1. The molecule has 2 aromatic carbocycles. The van der Waals surface area contributed by atoms with Gasteiger partial charge in [0.2, 0.25) is 12.7 Å². The Hall–Kier alpha value is -2.75. The standard InChI is InChI=1S/C18H17NO3/c1-13-2-4-14(5-3-13)7-9-18(20)19-11-15-6-8-16-17(10-15)22-12-21-16/h2-10H,11-12H2,1H3,(H,19,20). The minimum Gasteiger partial charge on any atom is -0.454 e. The summed E-state index contributed by atoms with van der Waals surface area (Å²) in [5, 5.41) is 2.85. The molecule has 0 atom stereocenters. The Morgan fingerprint density at radius 2 is 1.91 bits per heavy atom. The van der Waals surface area contributed by atoms with Gasteiger partial charge in [-0.2, -0.15) is 0 Å². The van der Waals surface area contributed by atoms with Crippen LogP contribution in [-0.4, -0.2) is 12.7 Å². The Bertz CT molecular complexity index is 705. The predicted molar refractivity (Wildman–Crippen MR) is 84.6 cm³/mol. The van der Waals surface area contributed by atoms with Crippen LogP contribution in [0.1, 0.15) is 16.7 Å². The van der Waals surface area contributed by atoms with Crippen LogP contribution in [0.3, 0.4) is 0 Å². The molecule has 0 fully saturated rings. The van der Waals surface area contributed by atoms with E-state index in [0.717, 1.165) is 22.6 Å². The smallest absolute Gasteiger partial charge is 0.244 e. The van der Waals surface area contributed by atoms with Crippen LogP contribution in [0.4, 0.5) is 0 Å². The maximum Gasteiger partial charge on any atom is 0.244 e. The molecule has 1 aliphatic rings. The van der Waals surface area contributed by atoms with Crippen molar-refractivity contribution in [3.8, 4) is 11.5 Å². The third-order valence-corrected chi connectivity index (χ3v) is 3.41. The van der Waals surface area contributed by atoms with Gasteiger partial charge in [0, 0.05) is 12.6 Å². The van der Waals surface area contributed by atoms with E-state index in [1.165, 1.54) is 11.6 Å². The maximum absolute atomic E-state index is 11.8. The number of hydrogen-bond donors (Lipinski definition) is 1. The van der Waals surface area contributed by atoms with Gasteiger partial charge in [-0.3, -0.25) is 4.79 Å². The van der Waals surface area contributed by atoms with Crippen molar-refractivity contribution in [3.63, 3.8) is 0 Å². The molecule has 0 spiro atoms. The lowest BCUT2D eigenvalue weighted by atomic mass is 10.1. The number of ether oxygens (including phenoxy) is 2. The van der Waals surface area contributed by atoms with E-state index in [4.69, 9.17) is 9.47 Å². The number of rotatable bonds is 4. The number of fused-ring (bicyclic) bond motifs is 1. The second kappa shape index (κ2) is 6.35. The average molecular weight is 295 g/mol. The molecule has 0 aliphatic carbocycles. The van der Waals surface area contributed by atoms with Gasteiger partial charge in [0.05, 0.1) is 0 Å². The van der Waals surface area contributed by atoms with Gasteiger partial charge in [0.1, 0.15) is 0 Å². The Kier molecular flexibility index (Phi) is 4.10. The van der Waals surface area contributed by atoms with E-state index in [0.29, 0.717) is 6.54 Å². The predicted octanol–water partition coefficient (Wildman–Crippen LogP) is 3.05. The normalized spacial score (nSPS) is 12.6. The van der Waals surface area contributed by atoms with Crippen molar-refractivity contribution in [1.82, 2.24) is 5.32 Å². The first-order valence-electron chi connectivity index (χ1n) is 7.12. The molecule has 112 valence electrons. The molecule has 1 amide bonds. The van der Waals surface area contributed by atoms with Crippen LogP contribution in [0.25, 0.3) is 6.08 Å². The highest BCUT2D eigenvalue weighted by Gasteiger charge is 2.13. The molecule has 0 saturated heterocycles. The lowest BCUT2D eigenvalue weighted by Crippen LogP contribution is -2.20. The SMILES string of the molecule is Cc1ccc(C=CC(=O)NCc2ccc3c(c2)OCO3)cc1. The van der Waals surface area contributed by atoms with E-state index in [2.05, 4.69) is 5.32 Å². The fraction of sp³-hybridized carbons (Fsp3) is 0.167. The van der Waals surface area contributed by atoms with Gasteiger partial charge in [-0.1, -0.05) is 35.9 Å². The average Bonchev–Trinajstić information content (AvgIpc) is 3.00. The van der Waals surface area contributed by atoms with Crippen LogP contribution < -0.4 is 14.8 Å². The first-order valence-corrected chi connectivity index (χ1v) is 7.12. The molecule has 3 rings (SSSR count). The molecule has 0 aromatic heterocycles. The van der Waals surface area contributed by atoms with E-state index in [9.17, 15) is 4.79 Å². The summed E-state index contributed by atoms with van der Waals surface area (Å²) in [6.45, 7) is 2.74. The lowest BCUT2D eigenvalue weighted by Gasteiger charge is -2.04. The summed E-state index contributed by atoms with van der Waals surface area (Å²) in [5.41, 5.74) is 3.18. The van der Waals surface area contributed by atoms with Crippen LogP contribution in [0.2, 0.25) is 0 Å². The second-order valence-electron chi connectivity index (χ2n) is 5.15. The highest BCUT2D eigenvalue weighted by molar-refractivity contribution is 5.91. The summed E-state index contributed by atoms with van der Waals surface area (Å²) in [6, 6.07) is 13.7. The van der Waals surface area contributed by atoms with Crippen molar-refractivity contribution in [2.45, 2.75) is 13.5 Å². The zero-order valence-corrected chi connectivity index (χ0v) is 12.3. The molecule has 4 heteroatoms. The van der Waals surface area contributed by atoms with Crippen molar-refractivity contribution in [1.29, 1.82) is 0 Å². The van der Waals surface area contributed by atoms with Gasteiger partial charge in [-0.05, 0) is 36.3 Å². The fourth-order valence-corrected chi connectivity index (χ4v) is 2.15. The van der Waals surface area contributed by atoms with Gasteiger partial charge in [-0.15, -0.1) is 0 Å². The van der Waals surface area contributed by atoms with E-state index >= 15 is 0 Å². The van der Waals surface area contributed by atoms with Crippen LogP contribution >= 0.6 is 0 Å². The number of amides is 1. The molecule has 1 aliphatic heterocycles. The van der Waals surface area contributed by atoms with Crippen LogP contribution in [0.15, 0.2) is 48.5 Å². The van der Waals surface area contributed by atoms with Gasteiger partial charge >= 0.3 is 0 Å². The van der Waals surface area contributed by atoms with Crippen LogP contribution in [0, 0.1) is 6.92 Å². The van der Waals surface area contributed by atoms with Crippen molar-refractivity contribution in [3.05, 3.63) is 65.2 Å². The number of nitrogens with one attached hydrogen (secondary N) is 1. The highest BCUT2D eigenvalue weighted by atomic mass is 16.7. The molecule has 22 heavy (non-hydrogen) atoms. The molecule has 2 aromatic rings. The van der Waals surface area contributed by atoms with Crippen molar-refractivity contribution in [2.24, 2.45) is 0 Å². The maximum atomic E-state index is 11.8. The first kappa shape index (κ1) is 14.2. The van der Waals surface area contributed by atoms with Gasteiger partial charge < -0.3 is 14.8 Å². The highest BCUT2D eigenvalue weighted by Crippen LogP contribution is 2.32. The van der Waals surface area contributed by atoms with Gasteiger partial charge in [-0.25, -0.2) is 0 Å². The van der Waals surface area contributed by atoms with E-state index in [-0.39, 0.29) is 12.7 Å². The molecule has 0 saturated carbocycles. The summed E-state index contributed by atoms with van der Waals surface area (Å²) < 4.78 is 10.6.